The maximum Gasteiger partial charge on any atom is 0.235 e. The van der Waals surface area contributed by atoms with E-state index in [-0.39, 0.29) is 6.54 Å². The van der Waals surface area contributed by atoms with Crippen LogP contribution in [0.3, 0.4) is 0 Å². The maximum absolute atomic E-state index is 10.5. The highest BCUT2D eigenvalue weighted by Crippen LogP contribution is 2.06. The third-order valence-electron chi connectivity index (χ3n) is 1.50. The zero-order chi connectivity index (χ0) is 8.81. The van der Waals surface area contributed by atoms with Gasteiger partial charge in [-0.25, -0.2) is 9.79 Å². The third-order valence-corrected chi connectivity index (χ3v) is 1.50. The number of nitrogens with zero attached hydrogens (tertiary/aromatic N) is 1. The van der Waals surface area contributed by atoms with Gasteiger partial charge in [-0.1, -0.05) is 24.3 Å². The number of rotatable bonds is 3. The van der Waals surface area contributed by atoms with E-state index in [1.807, 2.05) is 0 Å². The van der Waals surface area contributed by atoms with Crippen molar-refractivity contribution in [1.29, 1.82) is 0 Å². The summed E-state index contributed by atoms with van der Waals surface area (Å²) in [5.74, 6) is 0. The molecule has 0 heterocycles. The first-order chi connectivity index (χ1) is 5.88. The molecule has 12 heavy (non-hydrogen) atoms. The quantitative estimate of drug-likeness (QED) is 0.381. The Morgan fingerprint density at radius 2 is 2.17 bits per heavy atom. The first-order valence-corrected chi connectivity index (χ1v) is 3.45. The van der Waals surface area contributed by atoms with Crippen LogP contribution in [0.4, 0.5) is 0 Å². The van der Waals surface area contributed by atoms with E-state index < -0.39 is 0 Å². The minimum atomic E-state index is 0.221. The van der Waals surface area contributed by atoms with Crippen molar-refractivity contribution < 1.29 is 9.59 Å². The number of isocyanates is 1. The second-order valence-electron chi connectivity index (χ2n) is 2.22. The largest absolute Gasteiger partial charge is 0.298 e. The third kappa shape index (κ3) is 1.87. The van der Waals surface area contributed by atoms with E-state index in [1.165, 1.54) is 6.08 Å². The van der Waals surface area contributed by atoms with Gasteiger partial charge in [-0.3, -0.25) is 4.79 Å². The highest BCUT2D eigenvalue weighted by Gasteiger charge is 1.97. The average Bonchev–Trinajstić information content (AvgIpc) is 2.15. The zero-order valence-electron chi connectivity index (χ0n) is 6.36. The molecule has 0 spiro atoms. The topological polar surface area (TPSA) is 46.5 Å². The first-order valence-electron chi connectivity index (χ1n) is 3.45. The van der Waals surface area contributed by atoms with Crippen LogP contribution in [0.5, 0.6) is 0 Å². The van der Waals surface area contributed by atoms with E-state index in [0.29, 0.717) is 5.56 Å². The summed E-state index contributed by atoms with van der Waals surface area (Å²) in [5, 5.41) is 0. The average molecular weight is 161 g/mol. The van der Waals surface area contributed by atoms with Crippen LogP contribution in [-0.2, 0) is 11.3 Å². The summed E-state index contributed by atoms with van der Waals surface area (Å²) in [5.41, 5.74) is 1.31. The van der Waals surface area contributed by atoms with Gasteiger partial charge in [0.15, 0.2) is 0 Å². The molecule has 1 aromatic carbocycles. The molecule has 3 nitrogen and oxygen atoms in total. The van der Waals surface area contributed by atoms with Gasteiger partial charge in [-0.05, 0) is 5.56 Å². The number of carbonyl (C=O) groups excluding carboxylic acids is 2. The van der Waals surface area contributed by atoms with E-state index in [2.05, 4.69) is 4.99 Å². The van der Waals surface area contributed by atoms with Gasteiger partial charge in [-0.15, -0.1) is 0 Å². The molecule has 0 atom stereocenters. The van der Waals surface area contributed by atoms with Gasteiger partial charge in [0.25, 0.3) is 0 Å². The lowest BCUT2D eigenvalue weighted by atomic mass is 10.1. The normalized spacial score (nSPS) is 8.67. The number of hydrogen-bond acceptors (Lipinski definition) is 3. The molecular weight excluding hydrogens is 154 g/mol. The van der Waals surface area contributed by atoms with Gasteiger partial charge in [-0.2, -0.15) is 0 Å². The van der Waals surface area contributed by atoms with Gasteiger partial charge in [0.05, 0.1) is 6.54 Å². The molecule has 0 radical (unpaired) electrons. The SMILES string of the molecule is O=C=NCc1ccccc1C=O. The van der Waals surface area contributed by atoms with Gasteiger partial charge >= 0.3 is 0 Å². The molecule has 0 aliphatic carbocycles. The summed E-state index contributed by atoms with van der Waals surface area (Å²) in [6.07, 6.45) is 2.17. The molecule has 0 fully saturated rings. The van der Waals surface area contributed by atoms with Gasteiger partial charge in [0.2, 0.25) is 6.08 Å². The smallest absolute Gasteiger partial charge is 0.235 e. The molecule has 0 saturated heterocycles. The standard InChI is InChI=1S/C9H7NO2/c11-6-9-4-2-1-3-8(9)5-10-7-12/h1-4,6H,5H2. The van der Waals surface area contributed by atoms with Crippen LogP contribution in [0.15, 0.2) is 29.3 Å². The first kappa shape index (κ1) is 8.37. The molecular formula is C9H7NO2. The summed E-state index contributed by atoms with van der Waals surface area (Å²) in [6.45, 7) is 0.221. The van der Waals surface area contributed by atoms with E-state index in [0.717, 1.165) is 11.8 Å². The summed E-state index contributed by atoms with van der Waals surface area (Å²) < 4.78 is 0. The minimum absolute atomic E-state index is 0.221. The van der Waals surface area contributed by atoms with E-state index in [4.69, 9.17) is 0 Å². The van der Waals surface area contributed by atoms with Crippen molar-refractivity contribution in [2.45, 2.75) is 6.54 Å². The molecule has 3 heteroatoms. The van der Waals surface area contributed by atoms with E-state index in [9.17, 15) is 9.59 Å². The van der Waals surface area contributed by atoms with Crippen LogP contribution in [0.1, 0.15) is 15.9 Å². The molecule has 1 rings (SSSR count). The lowest BCUT2D eigenvalue weighted by molar-refractivity contribution is 0.112. The number of carbonyl (C=O) groups is 1. The number of aliphatic imine (C=N–C) groups is 1. The molecule has 0 unspecified atom stereocenters. The van der Waals surface area contributed by atoms with Crippen molar-refractivity contribution >= 4 is 12.4 Å². The fourth-order valence-electron chi connectivity index (χ4n) is 0.911. The molecule has 0 saturated carbocycles. The van der Waals surface area contributed by atoms with Crippen LogP contribution in [-0.4, -0.2) is 12.4 Å². The van der Waals surface area contributed by atoms with Gasteiger partial charge < -0.3 is 0 Å². The van der Waals surface area contributed by atoms with E-state index in [1.54, 1.807) is 24.3 Å². The Labute approximate surface area is 69.7 Å². The lowest BCUT2D eigenvalue weighted by Gasteiger charge is -1.97. The molecule has 0 bridgehead atoms. The summed E-state index contributed by atoms with van der Waals surface area (Å²) in [6, 6.07) is 6.99. The highest BCUT2D eigenvalue weighted by molar-refractivity contribution is 5.77. The monoisotopic (exact) mass is 161 g/mol. The number of hydrogen-bond donors (Lipinski definition) is 0. The van der Waals surface area contributed by atoms with Crippen molar-refractivity contribution in [1.82, 2.24) is 0 Å². The molecule has 60 valence electrons. The number of aldehydes is 1. The second-order valence-corrected chi connectivity index (χ2v) is 2.22. The minimum Gasteiger partial charge on any atom is -0.298 e. The summed E-state index contributed by atoms with van der Waals surface area (Å²) in [4.78, 5) is 23.6. The van der Waals surface area contributed by atoms with Gasteiger partial charge in [0, 0.05) is 5.56 Å². The maximum atomic E-state index is 10.5. The Morgan fingerprint density at radius 3 is 2.83 bits per heavy atom. The molecule has 0 N–H and O–H groups in total. The Morgan fingerprint density at radius 1 is 1.42 bits per heavy atom. The summed E-state index contributed by atoms with van der Waals surface area (Å²) in [7, 11) is 0. The van der Waals surface area contributed by atoms with Crippen molar-refractivity contribution in [3.05, 3.63) is 35.4 Å². The number of benzene rings is 1. The van der Waals surface area contributed by atoms with Crippen molar-refractivity contribution in [2.24, 2.45) is 4.99 Å². The van der Waals surface area contributed by atoms with Crippen LogP contribution in [0.25, 0.3) is 0 Å². The van der Waals surface area contributed by atoms with Crippen molar-refractivity contribution in [3.8, 4) is 0 Å². The van der Waals surface area contributed by atoms with Crippen LogP contribution in [0.2, 0.25) is 0 Å². The molecule has 0 aliphatic rings. The predicted octanol–water partition coefficient (Wildman–Crippen LogP) is 1.33. The fraction of sp³-hybridized carbons (Fsp3) is 0.111. The van der Waals surface area contributed by atoms with Crippen LogP contribution >= 0.6 is 0 Å². The van der Waals surface area contributed by atoms with Crippen molar-refractivity contribution in [3.63, 3.8) is 0 Å². The molecule has 0 aliphatic heterocycles. The lowest BCUT2D eigenvalue weighted by Crippen LogP contribution is -1.89. The predicted molar refractivity (Wildman–Crippen MR) is 43.7 cm³/mol. The fourth-order valence-corrected chi connectivity index (χ4v) is 0.911. The van der Waals surface area contributed by atoms with Crippen LogP contribution in [0, 0.1) is 0 Å². The second kappa shape index (κ2) is 4.21. The van der Waals surface area contributed by atoms with E-state index >= 15 is 0 Å². The Balaban J connectivity index is 2.96. The highest BCUT2D eigenvalue weighted by atomic mass is 16.1. The summed E-state index contributed by atoms with van der Waals surface area (Å²) >= 11 is 0. The van der Waals surface area contributed by atoms with Gasteiger partial charge in [0.1, 0.15) is 6.29 Å². The Hall–Kier alpha value is -1.73. The Bertz CT molecular complexity index is 327. The molecule has 1 aromatic rings. The zero-order valence-corrected chi connectivity index (χ0v) is 6.36. The van der Waals surface area contributed by atoms with Crippen molar-refractivity contribution in [2.75, 3.05) is 0 Å². The van der Waals surface area contributed by atoms with Crippen LogP contribution < -0.4 is 0 Å². The Kier molecular flexibility index (Phi) is 2.94. The molecule has 0 amide bonds. The molecule has 0 aromatic heterocycles.